The van der Waals surface area contributed by atoms with Gasteiger partial charge in [0.2, 0.25) is 0 Å². The van der Waals surface area contributed by atoms with Crippen LogP contribution >= 0.6 is 0 Å². The van der Waals surface area contributed by atoms with Gasteiger partial charge in [-0.05, 0) is 37.4 Å². The highest BCUT2D eigenvalue weighted by atomic mass is 16.5. The fourth-order valence-corrected chi connectivity index (χ4v) is 3.36. The highest BCUT2D eigenvalue weighted by Gasteiger charge is 2.30. The molecule has 1 aliphatic heterocycles. The van der Waals surface area contributed by atoms with Gasteiger partial charge < -0.3 is 14.4 Å². The Morgan fingerprint density at radius 1 is 1.28 bits per heavy atom. The maximum Gasteiger partial charge on any atom is 0.334 e. The summed E-state index contributed by atoms with van der Waals surface area (Å²) in [6.07, 6.45) is 4.42. The lowest BCUT2D eigenvalue weighted by atomic mass is 9.91. The molecule has 1 saturated heterocycles. The van der Waals surface area contributed by atoms with Crippen LogP contribution in [0.5, 0.6) is 0 Å². The number of piperidine rings is 1. The second-order valence-corrected chi connectivity index (χ2v) is 6.54. The lowest BCUT2D eigenvalue weighted by Gasteiger charge is -2.33. The Morgan fingerprint density at radius 2 is 2.00 bits per heavy atom. The molecule has 25 heavy (non-hydrogen) atoms. The van der Waals surface area contributed by atoms with E-state index in [1.165, 1.54) is 12.7 Å². The van der Waals surface area contributed by atoms with E-state index in [1.54, 1.807) is 0 Å². The third-order valence-electron chi connectivity index (χ3n) is 4.88. The summed E-state index contributed by atoms with van der Waals surface area (Å²) in [7, 11) is 1.31. The summed E-state index contributed by atoms with van der Waals surface area (Å²) < 4.78 is 6.81. The van der Waals surface area contributed by atoms with E-state index in [4.69, 9.17) is 0 Å². The molecule has 0 spiro atoms. The molecule has 6 heteroatoms. The number of aromatic nitrogens is 2. The fraction of sp³-hybridized carbons (Fsp3) is 0.474. The zero-order chi connectivity index (χ0) is 17.6. The van der Waals surface area contributed by atoms with Gasteiger partial charge in [-0.3, -0.25) is 4.90 Å². The number of nitrogens with zero attached hydrogens (tertiary/aromatic N) is 3. The molecule has 1 atom stereocenters. The third-order valence-corrected chi connectivity index (χ3v) is 4.88. The summed E-state index contributed by atoms with van der Waals surface area (Å²) >= 11 is 0. The summed E-state index contributed by atoms with van der Waals surface area (Å²) in [4.78, 5) is 18.3. The number of imidazole rings is 1. The number of aliphatic hydroxyl groups is 1. The van der Waals surface area contributed by atoms with Crippen LogP contribution < -0.4 is 0 Å². The lowest BCUT2D eigenvalue weighted by Crippen LogP contribution is -2.40. The number of hydrogen-bond donors (Lipinski definition) is 1. The first-order valence-corrected chi connectivity index (χ1v) is 8.69. The molecule has 1 fully saturated rings. The fourth-order valence-electron chi connectivity index (χ4n) is 3.36. The molecule has 2 heterocycles. The number of carbonyl (C=O) groups is 1. The number of ether oxygens (including phenoxy) is 1. The molecule has 1 N–H and O–H groups in total. The van der Waals surface area contributed by atoms with Crippen molar-refractivity contribution in [3.63, 3.8) is 0 Å². The molecule has 0 amide bonds. The second-order valence-electron chi connectivity index (χ2n) is 6.54. The van der Waals surface area contributed by atoms with E-state index in [9.17, 15) is 9.90 Å². The van der Waals surface area contributed by atoms with E-state index in [1.807, 2.05) is 30.6 Å². The number of rotatable bonds is 6. The Hall–Kier alpha value is -2.18. The van der Waals surface area contributed by atoms with Gasteiger partial charge in [-0.1, -0.05) is 30.3 Å². The minimum absolute atomic E-state index is 0.0206. The standard InChI is InChI=1S/C19H25N3O3/c1-25-19(24)18(23)16-7-10-21(11-8-16)14-17-20-9-12-22(17)13-15-5-3-2-4-6-15/h2-6,9,12,16,18,23H,7-8,10-11,13-14H2,1H3/t18-/m1/s1. The molecule has 0 saturated carbocycles. The SMILES string of the molecule is COC(=O)[C@H](O)C1CCN(Cc2nccn2Cc2ccccc2)CC1. The largest absolute Gasteiger partial charge is 0.467 e. The average molecular weight is 343 g/mol. The van der Waals surface area contributed by atoms with Crippen LogP contribution in [0.4, 0.5) is 0 Å². The molecule has 1 aromatic heterocycles. The minimum Gasteiger partial charge on any atom is -0.467 e. The number of carbonyl (C=O) groups excluding carboxylic acids is 1. The molecule has 1 aliphatic rings. The van der Waals surface area contributed by atoms with E-state index >= 15 is 0 Å². The number of methoxy groups -OCH3 is 1. The maximum absolute atomic E-state index is 11.5. The summed E-state index contributed by atoms with van der Waals surface area (Å²) in [5.41, 5.74) is 1.25. The Morgan fingerprint density at radius 3 is 2.68 bits per heavy atom. The van der Waals surface area contributed by atoms with Crippen molar-refractivity contribution in [3.8, 4) is 0 Å². The van der Waals surface area contributed by atoms with Gasteiger partial charge in [0.15, 0.2) is 6.10 Å². The molecule has 6 nitrogen and oxygen atoms in total. The van der Waals surface area contributed by atoms with Crippen LogP contribution in [0, 0.1) is 5.92 Å². The highest BCUT2D eigenvalue weighted by Crippen LogP contribution is 2.22. The first-order chi connectivity index (χ1) is 12.2. The summed E-state index contributed by atoms with van der Waals surface area (Å²) in [5.74, 6) is 0.487. The molecule has 2 aromatic rings. The number of likely N-dealkylation sites (tertiary alicyclic amines) is 1. The van der Waals surface area contributed by atoms with E-state index in [0.29, 0.717) is 0 Å². The molecular formula is C19H25N3O3. The van der Waals surface area contributed by atoms with Crippen LogP contribution in [-0.4, -0.2) is 51.8 Å². The molecule has 0 bridgehead atoms. The van der Waals surface area contributed by atoms with Gasteiger partial charge in [-0.2, -0.15) is 0 Å². The Balaban J connectivity index is 1.55. The number of hydrogen-bond acceptors (Lipinski definition) is 5. The highest BCUT2D eigenvalue weighted by molar-refractivity contribution is 5.74. The van der Waals surface area contributed by atoms with Crippen LogP contribution in [0.25, 0.3) is 0 Å². The van der Waals surface area contributed by atoms with Crippen LogP contribution in [0.1, 0.15) is 24.2 Å². The number of esters is 1. The zero-order valence-electron chi connectivity index (χ0n) is 14.5. The van der Waals surface area contributed by atoms with Gasteiger partial charge in [-0.15, -0.1) is 0 Å². The number of benzene rings is 1. The van der Waals surface area contributed by atoms with E-state index in [2.05, 4.69) is 31.3 Å². The van der Waals surface area contributed by atoms with E-state index < -0.39 is 12.1 Å². The lowest BCUT2D eigenvalue weighted by molar-refractivity contribution is -0.154. The Bertz CT molecular complexity index is 678. The normalized spacial score (nSPS) is 17.4. The van der Waals surface area contributed by atoms with Crippen molar-refractivity contribution < 1.29 is 14.6 Å². The maximum atomic E-state index is 11.5. The van der Waals surface area contributed by atoms with Gasteiger partial charge in [0, 0.05) is 18.9 Å². The summed E-state index contributed by atoms with van der Waals surface area (Å²) in [6.45, 7) is 3.28. The third kappa shape index (κ3) is 4.46. The van der Waals surface area contributed by atoms with Crippen molar-refractivity contribution in [2.24, 2.45) is 5.92 Å². The topological polar surface area (TPSA) is 67.6 Å². The first kappa shape index (κ1) is 17.6. The predicted octanol–water partition coefficient (Wildman–Crippen LogP) is 1.68. The second kappa shape index (κ2) is 8.27. The van der Waals surface area contributed by atoms with E-state index in [-0.39, 0.29) is 5.92 Å². The Kier molecular flexibility index (Phi) is 5.83. The molecule has 3 rings (SSSR count). The van der Waals surface area contributed by atoms with Crippen LogP contribution in [0.3, 0.4) is 0 Å². The first-order valence-electron chi connectivity index (χ1n) is 8.69. The molecule has 0 aliphatic carbocycles. The molecule has 1 aromatic carbocycles. The zero-order valence-corrected chi connectivity index (χ0v) is 14.5. The predicted molar refractivity (Wildman–Crippen MR) is 93.8 cm³/mol. The van der Waals surface area contributed by atoms with Gasteiger partial charge >= 0.3 is 5.97 Å². The molecule has 0 radical (unpaired) electrons. The van der Waals surface area contributed by atoms with Crippen LogP contribution in [0.15, 0.2) is 42.7 Å². The minimum atomic E-state index is -1.01. The number of aliphatic hydroxyl groups excluding tert-OH is 1. The van der Waals surface area contributed by atoms with Crippen molar-refractivity contribution in [2.45, 2.75) is 32.0 Å². The molecule has 0 unspecified atom stereocenters. The smallest absolute Gasteiger partial charge is 0.334 e. The van der Waals surface area contributed by atoms with Crippen molar-refractivity contribution in [2.75, 3.05) is 20.2 Å². The van der Waals surface area contributed by atoms with Gasteiger partial charge in [0.1, 0.15) is 5.82 Å². The van der Waals surface area contributed by atoms with Crippen LogP contribution in [0.2, 0.25) is 0 Å². The quantitative estimate of drug-likeness (QED) is 0.808. The van der Waals surface area contributed by atoms with Gasteiger partial charge in [0.25, 0.3) is 0 Å². The van der Waals surface area contributed by atoms with Crippen molar-refractivity contribution >= 4 is 5.97 Å². The van der Waals surface area contributed by atoms with Gasteiger partial charge in [-0.25, -0.2) is 9.78 Å². The van der Waals surface area contributed by atoms with Crippen molar-refractivity contribution in [3.05, 3.63) is 54.1 Å². The Labute approximate surface area is 148 Å². The average Bonchev–Trinajstić information content (AvgIpc) is 3.08. The van der Waals surface area contributed by atoms with Crippen LogP contribution in [-0.2, 0) is 22.6 Å². The molecular weight excluding hydrogens is 318 g/mol. The van der Waals surface area contributed by atoms with Crippen molar-refractivity contribution in [1.29, 1.82) is 0 Å². The van der Waals surface area contributed by atoms with Gasteiger partial charge in [0.05, 0.1) is 13.7 Å². The van der Waals surface area contributed by atoms with Crippen molar-refractivity contribution in [1.82, 2.24) is 14.5 Å². The van der Waals surface area contributed by atoms with E-state index in [0.717, 1.165) is 44.8 Å². The monoisotopic (exact) mass is 343 g/mol. The summed E-state index contributed by atoms with van der Waals surface area (Å²) in [5, 5.41) is 9.98. The summed E-state index contributed by atoms with van der Waals surface area (Å²) in [6, 6.07) is 10.3. The molecule has 134 valence electrons.